The van der Waals surface area contributed by atoms with Crippen molar-refractivity contribution < 1.29 is 14.5 Å². The second-order valence-electron chi connectivity index (χ2n) is 5.86. The zero-order valence-corrected chi connectivity index (χ0v) is 14.9. The van der Waals surface area contributed by atoms with E-state index in [1.54, 1.807) is 30.3 Å². The van der Waals surface area contributed by atoms with E-state index in [1.807, 2.05) is 19.9 Å². The van der Waals surface area contributed by atoms with E-state index in [0.29, 0.717) is 21.7 Å². The highest BCUT2D eigenvalue weighted by atomic mass is 79.9. The van der Waals surface area contributed by atoms with E-state index >= 15 is 0 Å². The molecule has 0 aromatic heterocycles. The van der Waals surface area contributed by atoms with E-state index in [0.717, 1.165) is 10.0 Å². The van der Waals surface area contributed by atoms with Gasteiger partial charge in [0, 0.05) is 10.2 Å². The van der Waals surface area contributed by atoms with Crippen LogP contribution in [0.4, 0.5) is 5.69 Å². The summed E-state index contributed by atoms with van der Waals surface area (Å²) in [6.45, 7) is 3.78. The normalized spacial score (nSPS) is 15.4. The molecule has 0 bridgehead atoms. The Morgan fingerprint density at radius 2 is 2.04 bits per heavy atom. The Morgan fingerprint density at radius 1 is 1.30 bits per heavy atom. The molecule has 2 N–H and O–H groups in total. The Labute approximate surface area is 148 Å². The summed E-state index contributed by atoms with van der Waals surface area (Å²) in [7, 11) is -0.992. The van der Waals surface area contributed by atoms with Crippen LogP contribution >= 0.6 is 27.5 Å². The SMILES string of the molecule is CC1(C)OB(O)c2cc(NC(=O)c3ccc(Br)cc3Cl)ccc21. The van der Waals surface area contributed by atoms with Crippen molar-refractivity contribution in [1.82, 2.24) is 0 Å². The number of rotatable bonds is 2. The minimum atomic E-state index is -0.992. The van der Waals surface area contributed by atoms with Crippen LogP contribution in [0.15, 0.2) is 40.9 Å². The molecule has 23 heavy (non-hydrogen) atoms. The molecule has 0 radical (unpaired) electrons. The minimum Gasteiger partial charge on any atom is -0.423 e. The smallest absolute Gasteiger partial charge is 0.423 e. The lowest BCUT2D eigenvalue weighted by molar-refractivity contribution is 0.101. The first-order chi connectivity index (χ1) is 10.8. The van der Waals surface area contributed by atoms with Crippen LogP contribution in [0.5, 0.6) is 0 Å². The van der Waals surface area contributed by atoms with Gasteiger partial charge in [0.2, 0.25) is 0 Å². The molecule has 4 nitrogen and oxygen atoms in total. The molecule has 3 rings (SSSR count). The van der Waals surface area contributed by atoms with Crippen LogP contribution in [-0.4, -0.2) is 18.0 Å². The van der Waals surface area contributed by atoms with Crippen molar-refractivity contribution in [1.29, 1.82) is 0 Å². The summed E-state index contributed by atoms with van der Waals surface area (Å²) >= 11 is 9.40. The molecule has 0 fully saturated rings. The summed E-state index contributed by atoms with van der Waals surface area (Å²) < 4.78 is 6.32. The Kier molecular flexibility index (Phi) is 4.27. The maximum atomic E-state index is 12.4. The van der Waals surface area contributed by atoms with Crippen LogP contribution in [-0.2, 0) is 10.3 Å². The van der Waals surface area contributed by atoms with Crippen LogP contribution in [0.1, 0.15) is 29.8 Å². The van der Waals surface area contributed by atoms with Gasteiger partial charge in [0.25, 0.3) is 5.91 Å². The molecule has 118 valence electrons. The van der Waals surface area contributed by atoms with Gasteiger partial charge in [-0.05, 0) is 55.2 Å². The zero-order valence-electron chi connectivity index (χ0n) is 12.6. The summed E-state index contributed by atoms with van der Waals surface area (Å²) in [5.74, 6) is -0.310. The third kappa shape index (κ3) is 3.17. The second kappa shape index (κ2) is 5.94. The van der Waals surface area contributed by atoms with Gasteiger partial charge in [0.1, 0.15) is 0 Å². The number of hydrogen-bond acceptors (Lipinski definition) is 3. The molecule has 1 heterocycles. The van der Waals surface area contributed by atoms with Crippen molar-refractivity contribution in [2.24, 2.45) is 0 Å². The monoisotopic (exact) mass is 393 g/mol. The lowest BCUT2D eigenvalue weighted by Crippen LogP contribution is -2.29. The second-order valence-corrected chi connectivity index (χ2v) is 7.18. The molecule has 1 amide bonds. The molecular formula is C16H14BBrClNO3. The molecule has 2 aromatic carbocycles. The predicted octanol–water partition coefficient (Wildman–Crippen LogP) is 3.31. The fourth-order valence-corrected chi connectivity index (χ4v) is 3.43. The molecule has 0 unspecified atom stereocenters. The van der Waals surface area contributed by atoms with Gasteiger partial charge in [-0.15, -0.1) is 0 Å². The Balaban J connectivity index is 1.87. The van der Waals surface area contributed by atoms with Crippen LogP contribution in [0.2, 0.25) is 5.02 Å². The molecule has 0 spiro atoms. The number of amides is 1. The molecule has 7 heteroatoms. The average Bonchev–Trinajstić information content (AvgIpc) is 2.68. The van der Waals surface area contributed by atoms with Gasteiger partial charge in [-0.3, -0.25) is 4.79 Å². The standard InChI is InChI=1S/C16H14BBrClNO3/c1-16(2)12-6-4-10(8-13(12)17(22)23-16)20-15(21)11-5-3-9(18)7-14(11)19/h3-8,22H,1-2H3,(H,20,21). The minimum absolute atomic E-state index is 0.310. The highest BCUT2D eigenvalue weighted by Gasteiger charge is 2.40. The van der Waals surface area contributed by atoms with Gasteiger partial charge in [0.15, 0.2) is 0 Å². The molecule has 0 saturated heterocycles. The first-order valence-corrected chi connectivity index (χ1v) is 8.22. The lowest BCUT2D eigenvalue weighted by atomic mass is 9.78. The number of fused-ring (bicyclic) bond motifs is 1. The molecule has 1 aliphatic rings. The summed E-state index contributed by atoms with van der Waals surface area (Å²) in [6.07, 6.45) is 0. The van der Waals surface area contributed by atoms with Gasteiger partial charge in [-0.25, -0.2) is 0 Å². The van der Waals surface area contributed by atoms with Crippen LogP contribution in [0, 0.1) is 0 Å². The third-order valence-electron chi connectivity index (χ3n) is 3.81. The van der Waals surface area contributed by atoms with Gasteiger partial charge in [-0.1, -0.05) is 33.6 Å². The van der Waals surface area contributed by atoms with Gasteiger partial charge in [0.05, 0.1) is 16.2 Å². The number of carbonyl (C=O) groups excluding carboxylic acids is 1. The van der Waals surface area contributed by atoms with E-state index in [2.05, 4.69) is 21.2 Å². The Morgan fingerprint density at radius 3 is 2.74 bits per heavy atom. The maximum Gasteiger partial charge on any atom is 0.492 e. The number of halogens is 2. The molecule has 0 aliphatic carbocycles. The fourth-order valence-electron chi connectivity index (χ4n) is 2.67. The van der Waals surface area contributed by atoms with E-state index in [9.17, 15) is 9.82 Å². The number of carbonyl (C=O) groups is 1. The van der Waals surface area contributed by atoms with Gasteiger partial charge in [-0.2, -0.15) is 0 Å². The van der Waals surface area contributed by atoms with Crippen LogP contribution in [0.25, 0.3) is 0 Å². The summed E-state index contributed by atoms with van der Waals surface area (Å²) in [6, 6.07) is 10.4. The van der Waals surface area contributed by atoms with Crippen molar-refractivity contribution in [3.8, 4) is 0 Å². The predicted molar refractivity (Wildman–Crippen MR) is 95.3 cm³/mol. The Hall–Kier alpha value is -1.34. The van der Waals surface area contributed by atoms with Crippen molar-refractivity contribution in [3.63, 3.8) is 0 Å². The van der Waals surface area contributed by atoms with E-state index in [-0.39, 0.29) is 5.91 Å². The lowest BCUT2D eigenvalue weighted by Gasteiger charge is -2.19. The van der Waals surface area contributed by atoms with Crippen molar-refractivity contribution in [2.45, 2.75) is 19.4 Å². The van der Waals surface area contributed by atoms with Crippen LogP contribution in [0.3, 0.4) is 0 Å². The summed E-state index contributed by atoms with van der Waals surface area (Å²) in [5.41, 5.74) is 1.98. The zero-order chi connectivity index (χ0) is 16.8. The molecular weight excluding hydrogens is 380 g/mol. The van der Waals surface area contributed by atoms with E-state index in [4.69, 9.17) is 16.3 Å². The van der Waals surface area contributed by atoms with Crippen molar-refractivity contribution in [3.05, 3.63) is 57.0 Å². The molecule has 0 saturated carbocycles. The summed E-state index contributed by atoms with van der Waals surface area (Å²) in [5, 5.41) is 13.2. The first kappa shape index (κ1) is 16.5. The van der Waals surface area contributed by atoms with E-state index in [1.165, 1.54) is 0 Å². The number of anilines is 1. The van der Waals surface area contributed by atoms with Gasteiger partial charge < -0.3 is 15.0 Å². The Bertz CT molecular complexity index is 797. The fraction of sp³-hybridized carbons (Fsp3) is 0.188. The van der Waals surface area contributed by atoms with Crippen LogP contribution < -0.4 is 10.8 Å². The highest BCUT2D eigenvalue weighted by molar-refractivity contribution is 9.10. The summed E-state index contributed by atoms with van der Waals surface area (Å²) in [4.78, 5) is 12.4. The van der Waals surface area contributed by atoms with E-state index < -0.39 is 12.7 Å². The first-order valence-electron chi connectivity index (χ1n) is 7.04. The molecule has 1 aliphatic heterocycles. The largest absolute Gasteiger partial charge is 0.492 e. The number of nitrogens with one attached hydrogen (secondary N) is 1. The number of hydrogen-bond donors (Lipinski definition) is 2. The quantitative estimate of drug-likeness (QED) is 0.769. The molecule has 0 atom stereocenters. The molecule has 2 aromatic rings. The third-order valence-corrected chi connectivity index (χ3v) is 4.61. The topological polar surface area (TPSA) is 58.6 Å². The maximum absolute atomic E-state index is 12.4. The van der Waals surface area contributed by atoms with Crippen molar-refractivity contribution >= 4 is 51.7 Å². The van der Waals surface area contributed by atoms with Crippen molar-refractivity contribution in [2.75, 3.05) is 5.32 Å². The number of benzene rings is 2. The highest BCUT2D eigenvalue weighted by Crippen LogP contribution is 2.31. The average molecular weight is 394 g/mol. The van der Waals surface area contributed by atoms with Gasteiger partial charge >= 0.3 is 7.12 Å².